The predicted octanol–water partition coefficient (Wildman–Crippen LogP) is 3.82. The first-order valence-electron chi connectivity index (χ1n) is 6.05. The number of benzene rings is 2. The van der Waals surface area contributed by atoms with Crippen molar-refractivity contribution in [3.05, 3.63) is 70.8 Å². The van der Waals surface area contributed by atoms with Gasteiger partial charge in [0.05, 0.1) is 5.71 Å². The first kappa shape index (κ1) is 15.7. The minimum Gasteiger partial charge on any atom is -0.312 e. The number of rotatable bonds is 3. The van der Waals surface area contributed by atoms with Crippen LogP contribution in [0.1, 0.15) is 22.8 Å². The monoisotopic (exact) mass is 311 g/mol. The molecule has 0 saturated carbocycles. The minimum atomic E-state index is -1.36. The summed E-state index contributed by atoms with van der Waals surface area (Å²) in [5, 5.41) is 3.31. The van der Waals surface area contributed by atoms with E-state index < -0.39 is 34.8 Å². The summed E-state index contributed by atoms with van der Waals surface area (Å²) < 4.78 is 53.0. The Morgan fingerprint density at radius 3 is 2.23 bits per heavy atom. The Bertz CT molecular complexity index is 739. The number of carbonyl (C=O) groups excluding carboxylic acids is 1. The van der Waals surface area contributed by atoms with Crippen molar-refractivity contribution in [1.29, 1.82) is 0 Å². The molecule has 0 saturated heterocycles. The van der Waals surface area contributed by atoms with E-state index in [1.165, 1.54) is 6.92 Å². The Labute approximate surface area is 122 Å². The molecular formula is C15H9F4NO2. The molecule has 0 unspecified atom stereocenters. The van der Waals surface area contributed by atoms with Gasteiger partial charge in [0, 0.05) is 11.6 Å². The number of nitrogens with zero attached hydrogens (tertiary/aromatic N) is 1. The summed E-state index contributed by atoms with van der Waals surface area (Å²) in [6.07, 6.45) is 0. The number of hydrogen-bond donors (Lipinski definition) is 0. The average molecular weight is 311 g/mol. The van der Waals surface area contributed by atoms with E-state index in [0.29, 0.717) is 6.07 Å². The van der Waals surface area contributed by atoms with Gasteiger partial charge < -0.3 is 4.84 Å². The molecule has 0 aromatic heterocycles. The maximum absolute atomic E-state index is 13.5. The summed E-state index contributed by atoms with van der Waals surface area (Å²) in [6.45, 7) is 1.29. The van der Waals surface area contributed by atoms with E-state index in [1.807, 2.05) is 0 Å². The third-order valence-electron chi connectivity index (χ3n) is 2.75. The number of hydrogen-bond acceptors (Lipinski definition) is 3. The SMILES string of the molecule is CC(=NOC(=O)c1c(F)cccc1F)c1ccc(F)cc1F. The summed E-state index contributed by atoms with van der Waals surface area (Å²) in [5.74, 6) is -5.26. The molecule has 0 heterocycles. The molecule has 0 aliphatic rings. The molecule has 2 aromatic carbocycles. The highest BCUT2D eigenvalue weighted by atomic mass is 19.1. The van der Waals surface area contributed by atoms with Crippen LogP contribution >= 0.6 is 0 Å². The fraction of sp³-hybridized carbons (Fsp3) is 0.0667. The largest absolute Gasteiger partial charge is 0.371 e. The van der Waals surface area contributed by atoms with Crippen LogP contribution in [-0.4, -0.2) is 11.7 Å². The number of oxime groups is 1. The van der Waals surface area contributed by atoms with Crippen LogP contribution in [0, 0.1) is 23.3 Å². The summed E-state index contributed by atoms with van der Waals surface area (Å²) >= 11 is 0. The fourth-order valence-corrected chi connectivity index (χ4v) is 1.68. The standard InChI is InChI=1S/C15H9F4NO2/c1-8(10-6-5-9(16)7-13(10)19)20-22-15(21)14-11(17)3-2-4-12(14)18/h2-7H,1H3. The number of halogens is 4. The molecule has 0 amide bonds. The molecule has 2 aromatic rings. The van der Waals surface area contributed by atoms with E-state index in [4.69, 9.17) is 0 Å². The van der Waals surface area contributed by atoms with Gasteiger partial charge in [-0.2, -0.15) is 0 Å². The molecule has 7 heteroatoms. The van der Waals surface area contributed by atoms with Gasteiger partial charge in [0.25, 0.3) is 0 Å². The molecule has 0 N–H and O–H groups in total. The van der Waals surface area contributed by atoms with E-state index in [2.05, 4.69) is 9.99 Å². The molecule has 0 radical (unpaired) electrons. The normalized spacial score (nSPS) is 11.4. The van der Waals surface area contributed by atoms with Crippen LogP contribution in [-0.2, 0) is 4.84 Å². The van der Waals surface area contributed by atoms with Gasteiger partial charge in [-0.3, -0.25) is 0 Å². The highest BCUT2D eigenvalue weighted by molar-refractivity contribution is 5.99. The van der Waals surface area contributed by atoms with Crippen molar-refractivity contribution in [2.75, 3.05) is 0 Å². The fourth-order valence-electron chi connectivity index (χ4n) is 1.68. The highest BCUT2D eigenvalue weighted by Crippen LogP contribution is 2.15. The minimum absolute atomic E-state index is 0.0948. The Balaban J connectivity index is 2.22. The summed E-state index contributed by atoms with van der Waals surface area (Å²) in [4.78, 5) is 16.0. The summed E-state index contributed by atoms with van der Waals surface area (Å²) in [7, 11) is 0. The molecule has 3 nitrogen and oxygen atoms in total. The van der Waals surface area contributed by atoms with Crippen molar-refractivity contribution in [2.45, 2.75) is 6.92 Å². The summed E-state index contributed by atoms with van der Waals surface area (Å²) in [5.41, 5.74) is -1.11. The van der Waals surface area contributed by atoms with Gasteiger partial charge in [-0.25, -0.2) is 22.4 Å². The Morgan fingerprint density at radius 2 is 1.64 bits per heavy atom. The van der Waals surface area contributed by atoms with E-state index in [1.54, 1.807) is 0 Å². The third-order valence-corrected chi connectivity index (χ3v) is 2.75. The van der Waals surface area contributed by atoms with Gasteiger partial charge in [0.15, 0.2) is 0 Å². The lowest BCUT2D eigenvalue weighted by atomic mass is 10.1. The molecule has 114 valence electrons. The van der Waals surface area contributed by atoms with Crippen LogP contribution in [0.15, 0.2) is 41.6 Å². The molecule has 2 rings (SSSR count). The quantitative estimate of drug-likeness (QED) is 0.374. The van der Waals surface area contributed by atoms with Gasteiger partial charge in [-0.15, -0.1) is 0 Å². The second kappa shape index (κ2) is 6.38. The van der Waals surface area contributed by atoms with Gasteiger partial charge in [-0.1, -0.05) is 11.2 Å². The maximum atomic E-state index is 13.5. The lowest BCUT2D eigenvalue weighted by Gasteiger charge is -2.04. The van der Waals surface area contributed by atoms with Crippen molar-refractivity contribution in [3.8, 4) is 0 Å². The first-order chi connectivity index (χ1) is 10.4. The highest BCUT2D eigenvalue weighted by Gasteiger charge is 2.19. The van der Waals surface area contributed by atoms with Crippen LogP contribution < -0.4 is 0 Å². The predicted molar refractivity (Wildman–Crippen MR) is 70.3 cm³/mol. The molecule has 0 atom stereocenters. The number of carbonyl (C=O) groups is 1. The van der Waals surface area contributed by atoms with Gasteiger partial charge in [0.1, 0.15) is 28.8 Å². The Kier molecular flexibility index (Phi) is 4.55. The van der Waals surface area contributed by atoms with Gasteiger partial charge >= 0.3 is 5.97 Å². The average Bonchev–Trinajstić information content (AvgIpc) is 2.44. The zero-order valence-corrected chi connectivity index (χ0v) is 11.2. The van der Waals surface area contributed by atoms with Gasteiger partial charge in [0.2, 0.25) is 0 Å². The maximum Gasteiger partial charge on any atom is 0.371 e. The van der Waals surface area contributed by atoms with Crippen LogP contribution in [0.3, 0.4) is 0 Å². The zero-order valence-electron chi connectivity index (χ0n) is 11.2. The lowest BCUT2D eigenvalue weighted by Crippen LogP contribution is -2.09. The molecule has 0 bridgehead atoms. The van der Waals surface area contributed by atoms with Gasteiger partial charge in [-0.05, 0) is 31.2 Å². The lowest BCUT2D eigenvalue weighted by molar-refractivity contribution is 0.0505. The van der Waals surface area contributed by atoms with Crippen molar-refractivity contribution in [1.82, 2.24) is 0 Å². The summed E-state index contributed by atoms with van der Waals surface area (Å²) in [6, 6.07) is 5.58. The molecule has 0 aliphatic carbocycles. The van der Waals surface area contributed by atoms with Crippen LogP contribution in [0.4, 0.5) is 17.6 Å². The molecular weight excluding hydrogens is 302 g/mol. The molecule has 0 aliphatic heterocycles. The van der Waals surface area contributed by atoms with Crippen LogP contribution in [0.5, 0.6) is 0 Å². The Morgan fingerprint density at radius 1 is 1.00 bits per heavy atom. The van der Waals surface area contributed by atoms with E-state index >= 15 is 0 Å². The smallest absolute Gasteiger partial charge is 0.312 e. The van der Waals surface area contributed by atoms with Crippen molar-refractivity contribution in [3.63, 3.8) is 0 Å². The topological polar surface area (TPSA) is 38.7 Å². The molecule has 0 spiro atoms. The second-order valence-electron chi connectivity index (χ2n) is 4.28. The molecule has 22 heavy (non-hydrogen) atoms. The van der Waals surface area contributed by atoms with E-state index in [9.17, 15) is 22.4 Å². The van der Waals surface area contributed by atoms with Crippen molar-refractivity contribution < 1.29 is 27.2 Å². The van der Waals surface area contributed by atoms with E-state index in [-0.39, 0.29) is 11.3 Å². The first-order valence-corrected chi connectivity index (χ1v) is 6.05. The van der Waals surface area contributed by atoms with Crippen molar-refractivity contribution >= 4 is 11.7 Å². The Hall–Kier alpha value is -2.70. The van der Waals surface area contributed by atoms with Crippen LogP contribution in [0.25, 0.3) is 0 Å². The van der Waals surface area contributed by atoms with E-state index in [0.717, 1.165) is 30.3 Å². The van der Waals surface area contributed by atoms with Crippen molar-refractivity contribution in [2.24, 2.45) is 5.16 Å². The third kappa shape index (κ3) is 3.30. The zero-order chi connectivity index (χ0) is 16.3. The second-order valence-corrected chi connectivity index (χ2v) is 4.28. The van der Waals surface area contributed by atoms with Crippen LogP contribution in [0.2, 0.25) is 0 Å². The molecule has 0 fully saturated rings.